The molecule has 0 atom stereocenters. The second-order valence-electron chi connectivity index (χ2n) is 3.42. The van der Waals surface area contributed by atoms with Crippen LogP contribution in [-0.4, -0.2) is 19.6 Å². The van der Waals surface area contributed by atoms with Crippen LogP contribution in [0.5, 0.6) is 0 Å². The van der Waals surface area contributed by atoms with E-state index in [4.69, 9.17) is 5.26 Å². The molecule has 0 unspecified atom stereocenters. The number of nitrogens with zero attached hydrogens (tertiary/aromatic N) is 5. The molecule has 76 valence electrons. The molecule has 0 saturated heterocycles. The fourth-order valence-corrected chi connectivity index (χ4v) is 1.57. The summed E-state index contributed by atoms with van der Waals surface area (Å²) >= 11 is 0. The van der Waals surface area contributed by atoms with Gasteiger partial charge in [-0.1, -0.05) is 0 Å². The lowest BCUT2D eigenvalue weighted by molar-refractivity contribution is 0.690. The van der Waals surface area contributed by atoms with Gasteiger partial charge >= 0.3 is 0 Å². The van der Waals surface area contributed by atoms with E-state index in [9.17, 15) is 0 Å². The van der Waals surface area contributed by atoms with Gasteiger partial charge in [0.25, 0.3) is 0 Å². The molecule has 0 aliphatic rings. The summed E-state index contributed by atoms with van der Waals surface area (Å²) in [6.45, 7) is 3.73. The van der Waals surface area contributed by atoms with Crippen molar-refractivity contribution in [1.29, 1.82) is 5.26 Å². The molecule has 0 saturated carbocycles. The summed E-state index contributed by atoms with van der Waals surface area (Å²) in [7, 11) is 1.81. The van der Waals surface area contributed by atoms with Crippen LogP contribution in [0.4, 0.5) is 0 Å². The number of nitriles is 1. The van der Waals surface area contributed by atoms with Gasteiger partial charge in [-0.25, -0.2) is 9.36 Å². The zero-order valence-electron chi connectivity index (χ0n) is 8.89. The van der Waals surface area contributed by atoms with Gasteiger partial charge in [-0.2, -0.15) is 15.5 Å². The molecule has 0 spiro atoms. The van der Waals surface area contributed by atoms with E-state index in [2.05, 4.69) is 16.3 Å². The average molecular weight is 201 g/mol. The fraction of sp³-hybridized carbons (Fsp3) is 0.300. The molecule has 15 heavy (non-hydrogen) atoms. The third kappa shape index (κ3) is 1.40. The highest BCUT2D eigenvalue weighted by Crippen LogP contribution is 2.15. The average Bonchev–Trinajstić information content (AvgIpc) is 2.70. The standard InChI is InChI=1S/C10H11N5/c1-7-4-5-15(12-7)10-9(6-11)8(2)13-14(10)3/h4-5H,1-3H3. The third-order valence-corrected chi connectivity index (χ3v) is 2.24. The number of aromatic nitrogens is 4. The van der Waals surface area contributed by atoms with Crippen LogP contribution in [0, 0.1) is 25.2 Å². The van der Waals surface area contributed by atoms with Crippen molar-refractivity contribution in [3.8, 4) is 11.9 Å². The molecule has 2 rings (SSSR count). The summed E-state index contributed by atoms with van der Waals surface area (Å²) in [5.41, 5.74) is 2.21. The van der Waals surface area contributed by atoms with Gasteiger partial charge in [0.2, 0.25) is 0 Å². The molecule has 2 aromatic rings. The molecule has 0 aromatic carbocycles. The highest BCUT2D eigenvalue weighted by Gasteiger charge is 2.14. The van der Waals surface area contributed by atoms with Crippen LogP contribution in [-0.2, 0) is 7.05 Å². The zero-order valence-corrected chi connectivity index (χ0v) is 8.89. The van der Waals surface area contributed by atoms with Crippen LogP contribution in [0.1, 0.15) is 17.0 Å². The Balaban J connectivity index is 2.67. The molecule has 0 radical (unpaired) electrons. The summed E-state index contributed by atoms with van der Waals surface area (Å²) in [5, 5.41) is 17.5. The normalized spacial score (nSPS) is 10.3. The maximum atomic E-state index is 9.04. The number of hydrogen-bond donors (Lipinski definition) is 0. The van der Waals surface area contributed by atoms with Crippen molar-refractivity contribution in [1.82, 2.24) is 19.6 Å². The number of hydrogen-bond acceptors (Lipinski definition) is 3. The lowest BCUT2D eigenvalue weighted by Gasteiger charge is -2.01. The van der Waals surface area contributed by atoms with Crippen molar-refractivity contribution in [3.63, 3.8) is 0 Å². The van der Waals surface area contributed by atoms with E-state index >= 15 is 0 Å². The first kappa shape index (κ1) is 9.46. The summed E-state index contributed by atoms with van der Waals surface area (Å²) in [6.07, 6.45) is 1.83. The Kier molecular flexibility index (Phi) is 2.05. The minimum atomic E-state index is 0.570. The quantitative estimate of drug-likeness (QED) is 0.694. The van der Waals surface area contributed by atoms with Gasteiger partial charge in [0.15, 0.2) is 5.82 Å². The van der Waals surface area contributed by atoms with Gasteiger partial charge in [-0.3, -0.25) is 0 Å². The molecule has 0 bridgehead atoms. The van der Waals surface area contributed by atoms with Crippen molar-refractivity contribution in [2.24, 2.45) is 7.05 Å². The third-order valence-electron chi connectivity index (χ3n) is 2.24. The zero-order chi connectivity index (χ0) is 11.0. The summed E-state index contributed by atoms with van der Waals surface area (Å²) in [6, 6.07) is 4.04. The van der Waals surface area contributed by atoms with Crippen LogP contribution < -0.4 is 0 Å². The lowest BCUT2D eigenvalue weighted by atomic mass is 10.3. The predicted octanol–water partition coefficient (Wildman–Crippen LogP) is 1.09. The predicted molar refractivity (Wildman–Crippen MR) is 54.5 cm³/mol. The van der Waals surface area contributed by atoms with Crippen molar-refractivity contribution >= 4 is 0 Å². The van der Waals surface area contributed by atoms with Crippen molar-refractivity contribution in [2.75, 3.05) is 0 Å². The van der Waals surface area contributed by atoms with Crippen LogP contribution in [0.3, 0.4) is 0 Å². The van der Waals surface area contributed by atoms with E-state index < -0.39 is 0 Å². The molecule has 2 aromatic heterocycles. The molecular formula is C10H11N5. The minimum Gasteiger partial charge on any atom is -0.250 e. The summed E-state index contributed by atoms with van der Waals surface area (Å²) < 4.78 is 3.34. The summed E-state index contributed by atoms with van der Waals surface area (Å²) in [5.74, 6) is 0.711. The van der Waals surface area contributed by atoms with Crippen LogP contribution in [0.15, 0.2) is 12.3 Å². The molecule has 0 aliphatic heterocycles. The molecule has 0 N–H and O–H groups in total. The highest BCUT2D eigenvalue weighted by atomic mass is 15.4. The number of aryl methyl sites for hydroxylation is 3. The van der Waals surface area contributed by atoms with Crippen molar-refractivity contribution in [2.45, 2.75) is 13.8 Å². The molecule has 0 amide bonds. The van der Waals surface area contributed by atoms with Crippen molar-refractivity contribution < 1.29 is 0 Å². The molecule has 2 heterocycles. The molecule has 0 fully saturated rings. The van der Waals surface area contributed by atoms with E-state index in [1.165, 1.54) is 0 Å². The lowest BCUT2D eigenvalue weighted by Crippen LogP contribution is -2.05. The maximum absolute atomic E-state index is 9.04. The van der Waals surface area contributed by atoms with Crippen molar-refractivity contribution in [3.05, 3.63) is 29.2 Å². The minimum absolute atomic E-state index is 0.570. The second-order valence-corrected chi connectivity index (χ2v) is 3.42. The Morgan fingerprint density at radius 1 is 1.33 bits per heavy atom. The molecule has 5 nitrogen and oxygen atoms in total. The first-order valence-electron chi connectivity index (χ1n) is 4.60. The maximum Gasteiger partial charge on any atom is 0.169 e. The largest absolute Gasteiger partial charge is 0.250 e. The van der Waals surface area contributed by atoms with Gasteiger partial charge in [0.05, 0.1) is 11.4 Å². The Morgan fingerprint density at radius 3 is 2.60 bits per heavy atom. The first-order chi connectivity index (χ1) is 7.13. The Bertz CT molecular complexity index is 541. The van der Waals surface area contributed by atoms with Crippen LogP contribution in [0.25, 0.3) is 5.82 Å². The second kappa shape index (κ2) is 3.24. The van der Waals surface area contributed by atoms with Gasteiger partial charge in [-0.05, 0) is 19.9 Å². The monoisotopic (exact) mass is 201 g/mol. The Labute approximate surface area is 87.6 Å². The Hall–Kier alpha value is -2.09. The smallest absolute Gasteiger partial charge is 0.169 e. The molecule has 0 aliphatic carbocycles. The van der Waals surface area contributed by atoms with Gasteiger partial charge < -0.3 is 0 Å². The van der Waals surface area contributed by atoms with E-state index in [0.29, 0.717) is 11.4 Å². The SMILES string of the molecule is Cc1ccn(-c2c(C#N)c(C)nn2C)n1. The van der Waals surface area contributed by atoms with Gasteiger partial charge in [0, 0.05) is 13.2 Å². The van der Waals surface area contributed by atoms with E-state index in [-0.39, 0.29) is 0 Å². The van der Waals surface area contributed by atoms with E-state index in [1.54, 1.807) is 16.4 Å². The molecule has 5 heteroatoms. The molecular weight excluding hydrogens is 190 g/mol. The first-order valence-corrected chi connectivity index (χ1v) is 4.60. The summed E-state index contributed by atoms with van der Waals surface area (Å²) in [4.78, 5) is 0. The number of rotatable bonds is 1. The van der Waals surface area contributed by atoms with E-state index in [1.807, 2.05) is 26.1 Å². The highest BCUT2D eigenvalue weighted by molar-refractivity contribution is 5.46. The Morgan fingerprint density at radius 2 is 2.07 bits per heavy atom. The van der Waals surface area contributed by atoms with Gasteiger partial charge in [-0.15, -0.1) is 0 Å². The van der Waals surface area contributed by atoms with Crippen LogP contribution >= 0.6 is 0 Å². The van der Waals surface area contributed by atoms with Crippen LogP contribution in [0.2, 0.25) is 0 Å². The topological polar surface area (TPSA) is 59.4 Å². The van der Waals surface area contributed by atoms with E-state index in [0.717, 1.165) is 11.4 Å². The van der Waals surface area contributed by atoms with Gasteiger partial charge in [0.1, 0.15) is 11.6 Å². The fourth-order valence-electron chi connectivity index (χ4n) is 1.57.